The summed E-state index contributed by atoms with van der Waals surface area (Å²) in [6, 6.07) is 0. The standard InChI is InChI=1S/C11H17N3O/c1-3-8-4-5-9(15)6-10(8)11-7-12-14(2)13-11/h7-8,10H,3-6H2,1-2H3. The van der Waals surface area contributed by atoms with E-state index in [1.165, 1.54) is 0 Å². The third-order valence-corrected chi connectivity index (χ3v) is 3.33. The van der Waals surface area contributed by atoms with Gasteiger partial charge in [0.1, 0.15) is 5.78 Å². The van der Waals surface area contributed by atoms with Crippen LogP contribution in [0.3, 0.4) is 0 Å². The molecule has 1 aromatic heterocycles. The third kappa shape index (κ3) is 2.08. The summed E-state index contributed by atoms with van der Waals surface area (Å²) in [4.78, 5) is 13.0. The molecule has 1 fully saturated rings. The minimum absolute atomic E-state index is 0.296. The van der Waals surface area contributed by atoms with E-state index in [1.807, 2.05) is 7.05 Å². The highest BCUT2D eigenvalue weighted by Crippen LogP contribution is 2.36. The first-order chi connectivity index (χ1) is 7.20. The Kier molecular flexibility index (Phi) is 2.84. The monoisotopic (exact) mass is 207 g/mol. The number of hydrogen-bond donors (Lipinski definition) is 0. The van der Waals surface area contributed by atoms with E-state index in [0.717, 1.165) is 25.0 Å². The normalized spacial score (nSPS) is 26.9. The molecule has 4 nitrogen and oxygen atoms in total. The summed E-state index contributed by atoms with van der Waals surface area (Å²) in [5.74, 6) is 1.26. The molecule has 0 radical (unpaired) electrons. The molecule has 0 aliphatic heterocycles. The molecule has 4 heteroatoms. The van der Waals surface area contributed by atoms with Crippen LogP contribution in [0, 0.1) is 5.92 Å². The molecule has 2 unspecified atom stereocenters. The summed E-state index contributed by atoms with van der Waals surface area (Å²) in [5, 5.41) is 8.40. The van der Waals surface area contributed by atoms with Crippen molar-refractivity contribution in [3.8, 4) is 0 Å². The van der Waals surface area contributed by atoms with Gasteiger partial charge in [-0.25, -0.2) is 0 Å². The lowest BCUT2D eigenvalue weighted by Crippen LogP contribution is -2.23. The van der Waals surface area contributed by atoms with E-state index in [-0.39, 0.29) is 0 Å². The molecule has 1 saturated carbocycles. The lowest BCUT2D eigenvalue weighted by Gasteiger charge is -2.28. The summed E-state index contributed by atoms with van der Waals surface area (Å²) >= 11 is 0. The molecule has 1 aliphatic carbocycles. The van der Waals surface area contributed by atoms with Crippen LogP contribution in [0.25, 0.3) is 0 Å². The fraction of sp³-hybridized carbons (Fsp3) is 0.727. The van der Waals surface area contributed by atoms with E-state index < -0.39 is 0 Å². The number of rotatable bonds is 2. The van der Waals surface area contributed by atoms with Crippen LogP contribution in [-0.4, -0.2) is 20.8 Å². The molecule has 0 saturated heterocycles. The second kappa shape index (κ2) is 4.13. The number of Topliss-reactive ketones (excluding diaryl/α,β-unsaturated/α-hetero) is 1. The summed E-state index contributed by atoms with van der Waals surface area (Å²) in [6.07, 6.45) is 5.32. The van der Waals surface area contributed by atoms with Crippen molar-refractivity contribution in [1.29, 1.82) is 0 Å². The van der Waals surface area contributed by atoms with Gasteiger partial charge in [0, 0.05) is 25.8 Å². The lowest BCUT2D eigenvalue weighted by atomic mass is 9.76. The third-order valence-electron chi connectivity index (χ3n) is 3.33. The molecule has 0 aromatic carbocycles. The van der Waals surface area contributed by atoms with Crippen molar-refractivity contribution in [2.75, 3.05) is 0 Å². The molecule has 0 spiro atoms. The van der Waals surface area contributed by atoms with Gasteiger partial charge in [0.15, 0.2) is 0 Å². The van der Waals surface area contributed by atoms with Gasteiger partial charge < -0.3 is 0 Å². The number of aryl methyl sites for hydroxylation is 1. The molecule has 1 heterocycles. The number of hydrogen-bond acceptors (Lipinski definition) is 3. The SMILES string of the molecule is CCC1CCC(=O)CC1c1cnn(C)n1. The van der Waals surface area contributed by atoms with Gasteiger partial charge in [-0.3, -0.25) is 4.79 Å². The molecule has 2 atom stereocenters. The van der Waals surface area contributed by atoms with Gasteiger partial charge in [-0.2, -0.15) is 15.0 Å². The van der Waals surface area contributed by atoms with Crippen molar-refractivity contribution in [3.63, 3.8) is 0 Å². The number of ketones is 1. The number of nitrogens with zero attached hydrogens (tertiary/aromatic N) is 3. The Morgan fingerprint density at radius 1 is 1.60 bits per heavy atom. The van der Waals surface area contributed by atoms with Crippen LogP contribution in [0.15, 0.2) is 6.20 Å². The van der Waals surface area contributed by atoms with Crippen molar-refractivity contribution < 1.29 is 4.79 Å². The van der Waals surface area contributed by atoms with Gasteiger partial charge in [-0.05, 0) is 12.3 Å². The highest BCUT2D eigenvalue weighted by atomic mass is 16.1. The maximum atomic E-state index is 11.5. The predicted octanol–water partition coefficient (Wildman–Crippen LogP) is 1.68. The fourth-order valence-corrected chi connectivity index (χ4v) is 2.43. The first-order valence-electron chi connectivity index (χ1n) is 5.58. The second-order valence-corrected chi connectivity index (χ2v) is 4.32. The molecule has 1 aliphatic rings. The second-order valence-electron chi connectivity index (χ2n) is 4.32. The van der Waals surface area contributed by atoms with Gasteiger partial charge in [0.25, 0.3) is 0 Å². The van der Waals surface area contributed by atoms with Crippen LogP contribution in [0.5, 0.6) is 0 Å². The van der Waals surface area contributed by atoms with Crippen molar-refractivity contribution in [2.24, 2.45) is 13.0 Å². The van der Waals surface area contributed by atoms with Crippen molar-refractivity contribution in [3.05, 3.63) is 11.9 Å². The molecule has 0 N–H and O–H groups in total. The molecule has 0 bridgehead atoms. The number of carbonyl (C=O) groups excluding carboxylic acids is 1. The van der Waals surface area contributed by atoms with Crippen LogP contribution < -0.4 is 0 Å². The van der Waals surface area contributed by atoms with E-state index in [4.69, 9.17) is 0 Å². The van der Waals surface area contributed by atoms with Crippen molar-refractivity contribution >= 4 is 5.78 Å². The van der Waals surface area contributed by atoms with Gasteiger partial charge in [0.2, 0.25) is 0 Å². The first-order valence-corrected chi connectivity index (χ1v) is 5.58. The number of aromatic nitrogens is 3. The van der Waals surface area contributed by atoms with E-state index in [2.05, 4.69) is 17.1 Å². The minimum atomic E-state index is 0.296. The van der Waals surface area contributed by atoms with Gasteiger partial charge in [0.05, 0.1) is 11.9 Å². The Hall–Kier alpha value is -1.19. The zero-order valence-corrected chi connectivity index (χ0v) is 9.31. The summed E-state index contributed by atoms with van der Waals surface area (Å²) in [5.41, 5.74) is 0.984. The van der Waals surface area contributed by atoms with E-state index in [1.54, 1.807) is 11.0 Å². The molecular weight excluding hydrogens is 190 g/mol. The Morgan fingerprint density at radius 3 is 3.00 bits per heavy atom. The average Bonchev–Trinajstić information content (AvgIpc) is 2.65. The molecule has 2 rings (SSSR count). The first kappa shape index (κ1) is 10.3. The van der Waals surface area contributed by atoms with Crippen LogP contribution in [0.4, 0.5) is 0 Å². The quantitative estimate of drug-likeness (QED) is 0.741. The Labute approximate surface area is 89.7 Å². The minimum Gasteiger partial charge on any atom is -0.300 e. The Bertz CT molecular complexity index is 358. The van der Waals surface area contributed by atoms with Gasteiger partial charge in [-0.15, -0.1) is 0 Å². The smallest absolute Gasteiger partial charge is 0.133 e. The zero-order chi connectivity index (χ0) is 10.8. The van der Waals surface area contributed by atoms with E-state index in [9.17, 15) is 4.79 Å². The summed E-state index contributed by atoms with van der Waals surface area (Å²) in [6.45, 7) is 2.18. The fourth-order valence-electron chi connectivity index (χ4n) is 2.43. The highest BCUT2D eigenvalue weighted by molar-refractivity contribution is 5.80. The topological polar surface area (TPSA) is 47.8 Å². The van der Waals surface area contributed by atoms with Crippen LogP contribution in [-0.2, 0) is 11.8 Å². The van der Waals surface area contributed by atoms with Crippen molar-refractivity contribution in [2.45, 2.75) is 38.5 Å². The van der Waals surface area contributed by atoms with Crippen LogP contribution in [0.1, 0.15) is 44.2 Å². The molecular formula is C11H17N3O. The maximum absolute atomic E-state index is 11.5. The highest BCUT2D eigenvalue weighted by Gasteiger charge is 2.30. The van der Waals surface area contributed by atoms with Gasteiger partial charge in [-0.1, -0.05) is 13.3 Å². The average molecular weight is 207 g/mol. The van der Waals surface area contributed by atoms with E-state index in [0.29, 0.717) is 24.0 Å². The number of carbonyl (C=O) groups is 1. The summed E-state index contributed by atoms with van der Waals surface area (Å²) < 4.78 is 0. The molecule has 0 amide bonds. The maximum Gasteiger partial charge on any atom is 0.133 e. The molecule has 1 aromatic rings. The Morgan fingerprint density at radius 2 is 2.40 bits per heavy atom. The molecule has 82 valence electrons. The van der Waals surface area contributed by atoms with E-state index >= 15 is 0 Å². The van der Waals surface area contributed by atoms with Crippen LogP contribution >= 0.6 is 0 Å². The largest absolute Gasteiger partial charge is 0.300 e. The van der Waals surface area contributed by atoms with Gasteiger partial charge >= 0.3 is 0 Å². The molecule has 15 heavy (non-hydrogen) atoms. The zero-order valence-electron chi connectivity index (χ0n) is 9.31. The Balaban J connectivity index is 2.20. The predicted molar refractivity (Wildman–Crippen MR) is 56.4 cm³/mol. The van der Waals surface area contributed by atoms with Crippen molar-refractivity contribution in [1.82, 2.24) is 15.0 Å². The summed E-state index contributed by atoms with van der Waals surface area (Å²) in [7, 11) is 1.81. The lowest BCUT2D eigenvalue weighted by molar-refractivity contribution is -0.121. The van der Waals surface area contributed by atoms with Crippen LogP contribution in [0.2, 0.25) is 0 Å².